The predicted octanol–water partition coefficient (Wildman–Crippen LogP) is 3.08. The maximum Gasteiger partial charge on any atom is 0.255 e. The Morgan fingerprint density at radius 2 is 1.85 bits per heavy atom. The molecule has 5 nitrogen and oxygen atoms in total. The minimum Gasteiger partial charge on any atom is -0.322 e. The highest BCUT2D eigenvalue weighted by Crippen LogP contribution is 2.32. The SMILES string of the molecule is CN1C(=O)CCC(N2Cc3cc(SCc4ccccc4)ccc3C2=O)C1=O. The second-order valence-corrected chi connectivity index (χ2v) is 7.92. The summed E-state index contributed by atoms with van der Waals surface area (Å²) in [6.07, 6.45) is 0.697. The molecule has 1 unspecified atom stereocenters. The topological polar surface area (TPSA) is 57.7 Å². The van der Waals surface area contributed by atoms with Gasteiger partial charge in [-0.15, -0.1) is 11.8 Å². The normalized spacial score (nSPS) is 19.6. The van der Waals surface area contributed by atoms with Gasteiger partial charge in [-0.2, -0.15) is 0 Å². The number of amides is 3. The number of imide groups is 1. The number of likely N-dealkylation sites (tertiary alicyclic amines) is 1. The van der Waals surface area contributed by atoms with Crippen molar-refractivity contribution >= 4 is 29.5 Å². The van der Waals surface area contributed by atoms with E-state index in [1.165, 1.54) is 12.6 Å². The lowest BCUT2D eigenvalue weighted by Gasteiger charge is -2.33. The third-order valence-corrected chi connectivity index (χ3v) is 6.22. The third-order valence-electron chi connectivity index (χ3n) is 5.15. The molecule has 0 radical (unpaired) electrons. The molecule has 6 heteroatoms. The number of fused-ring (bicyclic) bond motifs is 1. The molecular formula is C21H20N2O3S. The standard InChI is InChI=1S/C21H20N2O3S/c1-22-19(24)10-9-18(21(22)26)23-12-15-11-16(7-8-17(15)20(23)25)27-13-14-5-3-2-4-6-14/h2-8,11,18H,9-10,12-13H2,1H3. The molecule has 2 aliphatic rings. The van der Waals surface area contributed by atoms with E-state index in [0.717, 1.165) is 21.1 Å². The second-order valence-electron chi connectivity index (χ2n) is 6.87. The van der Waals surface area contributed by atoms with Gasteiger partial charge in [0.05, 0.1) is 0 Å². The van der Waals surface area contributed by atoms with Crippen LogP contribution in [0.5, 0.6) is 0 Å². The van der Waals surface area contributed by atoms with Crippen LogP contribution in [0.3, 0.4) is 0 Å². The maximum absolute atomic E-state index is 12.8. The van der Waals surface area contributed by atoms with E-state index in [2.05, 4.69) is 12.1 Å². The Kier molecular flexibility index (Phi) is 4.74. The molecular weight excluding hydrogens is 360 g/mol. The Labute approximate surface area is 162 Å². The summed E-state index contributed by atoms with van der Waals surface area (Å²) in [7, 11) is 1.49. The zero-order valence-electron chi connectivity index (χ0n) is 15.1. The molecule has 1 saturated heterocycles. The van der Waals surface area contributed by atoms with Gasteiger partial charge in [0, 0.05) is 36.2 Å². The van der Waals surface area contributed by atoms with Crippen LogP contribution in [0.15, 0.2) is 53.4 Å². The monoisotopic (exact) mass is 380 g/mol. The third kappa shape index (κ3) is 3.37. The number of thioether (sulfide) groups is 1. The van der Waals surface area contributed by atoms with Gasteiger partial charge < -0.3 is 4.90 Å². The number of rotatable bonds is 4. The lowest BCUT2D eigenvalue weighted by atomic mass is 10.0. The minimum absolute atomic E-state index is 0.120. The number of carbonyl (C=O) groups excluding carboxylic acids is 3. The molecule has 0 spiro atoms. The van der Waals surface area contributed by atoms with Crippen LogP contribution in [0.1, 0.15) is 34.3 Å². The molecule has 1 fully saturated rings. The van der Waals surface area contributed by atoms with E-state index < -0.39 is 6.04 Å². The molecule has 27 heavy (non-hydrogen) atoms. The van der Waals surface area contributed by atoms with E-state index >= 15 is 0 Å². The summed E-state index contributed by atoms with van der Waals surface area (Å²) in [5, 5.41) is 0. The predicted molar refractivity (Wildman–Crippen MR) is 103 cm³/mol. The Bertz CT molecular complexity index is 913. The summed E-state index contributed by atoms with van der Waals surface area (Å²) in [4.78, 5) is 40.8. The summed E-state index contributed by atoms with van der Waals surface area (Å²) in [5.74, 6) is 0.280. The zero-order chi connectivity index (χ0) is 19.0. The first-order valence-electron chi connectivity index (χ1n) is 8.95. The van der Waals surface area contributed by atoms with E-state index in [0.29, 0.717) is 24.9 Å². The molecule has 2 heterocycles. The first-order chi connectivity index (χ1) is 13.0. The Balaban J connectivity index is 1.49. The van der Waals surface area contributed by atoms with Gasteiger partial charge in [0.25, 0.3) is 11.8 Å². The molecule has 1 atom stereocenters. The van der Waals surface area contributed by atoms with E-state index in [-0.39, 0.29) is 17.7 Å². The van der Waals surface area contributed by atoms with E-state index in [1.807, 2.05) is 36.4 Å². The van der Waals surface area contributed by atoms with Gasteiger partial charge in [0.2, 0.25) is 5.91 Å². The number of likely N-dealkylation sites (N-methyl/N-ethyl adjacent to an activating group) is 1. The molecule has 0 aliphatic carbocycles. The van der Waals surface area contributed by atoms with Crippen molar-refractivity contribution in [1.29, 1.82) is 0 Å². The van der Waals surface area contributed by atoms with Crippen LogP contribution in [-0.4, -0.2) is 40.6 Å². The molecule has 0 aromatic heterocycles. The lowest BCUT2D eigenvalue weighted by Crippen LogP contribution is -2.53. The fraction of sp³-hybridized carbons (Fsp3) is 0.286. The van der Waals surface area contributed by atoms with Crippen molar-refractivity contribution in [2.24, 2.45) is 0 Å². The van der Waals surface area contributed by atoms with Gasteiger partial charge in [0.15, 0.2) is 0 Å². The zero-order valence-corrected chi connectivity index (χ0v) is 15.9. The molecule has 4 rings (SSSR count). The highest BCUT2D eigenvalue weighted by Gasteiger charge is 2.41. The van der Waals surface area contributed by atoms with Crippen LogP contribution in [0.4, 0.5) is 0 Å². The average Bonchev–Trinajstić information content (AvgIpc) is 3.01. The van der Waals surface area contributed by atoms with Crippen LogP contribution in [0, 0.1) is 0 Å². The van der Waals surface area contributed by atoms with E-state index in [4.69, 9.17) is 0 Å². The van der Waals surface area contributed by atoms with Crippen molar-refractivity contribution in [3.05, 3.63) is 65.2 Å². The highest BCUT2D eigenvalue weighted by molar-refractivity contribution is 7.98. The van der Waals surface area contributed by atoms with Crippen molar-refractivity contribution in [2.45, 2.75) is 36.1 Å². The summed E-state index contributed by atoms with van der Waals surface area (Å²) in [5.41, 5.74) is 2.86. The van der Waals surface area contributed by atoms with E-state index in [1.54, 1.807) is 16.7 Å². The molecule has 3 amide bonds. The summed E-state index contributed by atoms with van der Waals surface area (Å²) in [6, 6.07) is 15.6. The molecule has 0 saturated carbocycles. The molecule has 0 N–H and O–H groups in total. The van der Waals surface area contributed by atoms with Crippen LogP contribution in [0.2, 0.25) is 0 Å². The van der Waals surface area contributed by atoms with Crippen molar-refractivity contribution in [1.82, 2.24) is 9.80 Å². The Morgan fingerprint density at radius 1 is 1.07 bits per heavy atom. The quantitative estimate of drug-likeness (QED) is 0.604. The van der Waals surface area contributed by atoms with Gasteiger partial charge in [-0.25, -0.2) is 0 Å². The van der Waals surface area contributed by atoms with Crippen molar-refractivity contribution < 1.29 is 14.4 Å². The molecule has 2 aromatic carbocycles. The van der Waals surface area contributed by atoms with Crippen molar-refractivity contribution in [2.75, 3.05) is 7.05 Å². The number of hydrogen-bond donors (Lipinski definition) is 0. The number of hydrogen-bond acceptors (Lipinski definition) is 4. The Hall–Kier alpha value is -2.60. The van der Waals surface area contributed by atoms with Crippen LogP contribution >= 0.6 is 11.8 Å². The van der Waals surface area contributed by atoms with Crippen molar-refractivity contribution in [3.63, 3.8) is 0 Å². The van der Waals surface area contributed by atoms with Crippen molar-refractivity contribution in [3.8, 4) is 0 Å². The minimum atomic E-state index is -0.548. The fourth-order valence-electron chi connectivity index (χ4n) is 3.59. The largest absolute Gasteiger partial charge is 0.322 e. The smallest absolute Gasteiger partial charge is 0.255 e. The lowest BCUT2D eigenvalue weighted by molar-refractivity contribution is -0.150. The molecule has 0 bridgehead atoms. The van der Waals surface area contributed by atoms with Gasteiger partial charge in [-0.3, -0.25) is 19.3 Å². The van der Waals surface area contributed by atoms with Gasteiger partial charge in [0.1, 0.15) is 6.04 Å². The van der Waals surface area contributed by atoms with Crippen LogP contribution in [-0.2, 0) is 21.9 Å². The highest BCUT2D eigenvalue weighted by atomic mass is 32.2. The summed E-state index contributed by atoms with van der Waals surface area (Å²) < 4.78 is 0. The Morgan fingerprint density at radius 3 is 2.63 bits per heavy atom. The van der Waals surface area contributed by atoms with Crippen LogP contribution in [0.25, 0.3) is 0 Å². The maximum atomic E-state index is 12.8. The molecule has 2 aliphatic heterocycles. The second kappa shape index (κ2) is 7.19. The van der Waals surface area contributed by atoms with Gasteiger partial charge in [-0.05, 0) is 35.7 Å². The van der Waals surface area contributed by atoms with Gasteiger partial charge >= 0.3 is 0 Å². The molecule has 2 aromatic rings. The van der Waals surface area contributed by atoms with Gasteiger partial charge in [-0.1, -0.05) is 30.3 Å². The number of nitrogens with zero attached hydrogens (tertiary/aromatic N) is 2. The van der Waals surface area contributed by atoms with E-state index in [9.17, 15) is 14.4 Å². The summed E-state index contributed by atoms with van der Waals surface area (Å²) in [6.45, 7) is 0.423. The number of benzene rings is 2. The van der Waals surface area contributed by atoms with Crippen LogP contribution < -0.4 is 0 Å². The summed E-state index contributed by atoms with van der Waals surface area (Å²) >= 11 is 1.73. The first kappa shape index (κ1) is 17.8. The number of piperidine rings is 1. The first-order valence-corrected chi connectivity index (χ1v) is 9.94. The fourth-order valence-corrected chi connectivity index (χ4v) is 4.50. The molecule has 138 valence electrons. The average molecular weight is 380 g/mol. The number of carbonyl (C=O) groups is 3.